The molecule has 1 atom stereocenters. The molecule has 0 saturated carbocycles. The molecule has 0 radical (unpaired) electrons. The Morgan fingerprint density at radius 1 is 1.33 bits per heavy atom. The Balaban J connectivity index is 2.15. The molecule has 0 aliphatic rings. The van der Waals surface area contributed by atoms with Crippen molar-refractivity contribution in [1.29, 1.82) is 0 Å². The van der Waals surface area contributed by atoms with Crippen molar-refractivity contribution in [1.82, 2.24) is 9.78 Å². The highest BCUT2D eigenvalue weighted by molar-refractivity contribution is 9.10. The summed E-state index contributed by atoms with van der Waals surface area (Å²) in [5, 5.41) is 14.8. The van der Waals surface area contributed by atoms with E-state index in [0.29, 0.717) is 12.8 Å². The number of benzene rings is 1. The summed E-state index contributed by atoms with van der Waals surface area (Å²) in [6.45, 7) is 4.01. The number of methoxy groups -OCH3 is 1. The molecule has 2 rings (SSSR count). The molecule has 0 fully saturated rings. The molecule has 0 bridgehead atoms. The number of halogens is 1. The number of ether oxygens (including phenoxy) is 1. The standard InChI is InChI=1S/C16H21BrN2O2/c1-10-15(11(2)19(3)18-10)9-14(20)8-12-7-13(17)5-6-16(12)21-4/h5-7,14,20H,8-9H2,1-4H3. The van der Waals surface area contributed by atoms with Gasteiger partial charge in [0.15, 0.2) is 0 Å². The Morgan fingerprint density at radius 2 is 2.05 bits per heavy atom. The summed E-state index contributed by atoms with van der Waals surface area (Å²) in [7, 11) is 3.57. The van der Waals surface area contributed by atoms with E-state index >= 15 is 0 Å². The summed E-state index contributed by atoms with van der Waals surface area (Å²) in [5.41, 5.74) is 4.21. The third-order valence-electron chi connectivity index (χ3n) is 3.80. The second-order valence-electron chi connectivity index (χ2n) is 5.29. The Hall–Kier alpha value is -1.33. The van der Waals surface area contributed by atoms with Crippen LogP contribution >= 0.6 is 15.9 Å². The number of nitrogens with zero attached hydrogens (tertiary/aromatic N) is 2. The lowest BCUT2D eigenvalue weighted by molar-refractivity contribution is 0.174. The van der Waals surface area contributed by atoms with E-state index in [1.165, 1.54) is 0 Å². The van der Waals surface area contributed by atoms with Gasteiger partial charge < -0.3 is 9.84 Å². The molecule has 1 unspecified atom stereocenters. The second-order valence-corrected chi connectivity index (χ2v) is 6.21. The van der Waals surface area contributed by atoms with E-state index in [4.69, 9.17) is 4.74 Å². The highest BCUT2D eigenvalue weighted by atomic mass is 79.9. The van der Waals surface area contributed by atoms with Gasteiger partial charge in [-0.05, 0) is 43.2 Å². The van der Waals surface area contributed by atoms with Gasteiger partial charge >= 0.3 is 0 Å². The van der Waals surface area contributed by atoms with Crippen LogP contribution in [0.4, 0.5) is 0 Å². The van der Waals surface area contributed by atoms with Gasteiger partial charge in [-0.15, -0.1) is 0 Å². The van der Waals surface area contributed by atoms with Crippen LogP contribution in [0.5, 0.6) is 5.75 Å². The minimum atomic E-state index is -0.463. The zero-order valence-electron chi connectivity index (χ0n) is 12.9. The van der Waals surface area contributed by atoms with Crippen LogP contribution in [0.25, 0.3) is 0 Å². The lowest BCUT2D eigenvalue weighted by Gasteiger charge is -2.14. The normalized spacial score (nSPS) is 12.5. The molecule has 1 aromatic heterocycles. The number of aliphatic hydroxyl groups excluding tert-OH is 1. The molecule has 21 heavy (non-hydrogen) atoms. The quantitative estimate of drug-likeness (QED) is 0.899. The van der Waals surface area contributed by atoms with Gasteiger partial charge in [-0.25, -0.2) is 0 Å². The zero-order valence-corrected chi connectivity index (χ0v) is 14.4. The SMILES string of the molecule is COc1ccc(Br)cc1CC(O)Cc1c(C)nn(C)c1C. The molecular weight excluding hydrogens is 332 g/mol. The summed E-state index contributed by atoms with van der Waals surface area (Å²) in [4.78, 5) is 0. The maximum Gasteiger partial charge on any atom is 0.122 e. The first-order valence-corrected chi connectivity index (χ1v) is 7.71. The van der Waals surface area contributed by atoms with Crippen LogP contribution in [-0.4, -0.2) is 28.1 Å². The molecule has 1 heterocycles. The molecule has 4 nitrogen and oxygen atoms in total. The van der Waals surface area contributed by atoms with Crippen molar-refractivity contribution in [2.24, 2.45) is 7.05 Å². The monoisotopic (exact) mass is 352 g/mol. The van der Waals surface area contributed by atoms with E-state index in [-0.39, 0.29) is 0 Å². The highest BCUT2D eigenvalue weighted by Gasteiger charge is 2.16. The van der Waals surface area contributed by atoms with Crippen molar-refractivity contribution in [3.63, 3.8) is 0 Å². The lowest BCUT2D eigenvalue weighted by atomic mass is 9.99. The highest BCUT2D eigenvalue weighted by Crippen LogP contribution is 2.25. The number of hydrogen-bond donors (Lipinski definition) is 1. The summed E-state index contributed by atoms with van der Waals surface area (Å²) in [6.07, 6.45) is 0.687. The summed E-state index contributed by atoms with van der Waals surface area (Å²) in [6, 6.07) is 5.84. The Bertz CT molecular complexity index is 637. The molecule has 0 spiro atoms. The van der Waals surface area contributed by atoms with Gasteiger partial charge in [-0.3, -0.25) is 4.68 Å². The van der Waals surface area contributed by atoms with Crippen LogP contribution in [0.1, 0.15) is 22.5 Å². The summed E-state index contributed by atoms with van der Waals surface area (Å²) >= 11 is 3.46. The van der Waals surface area contributed by atoms with Crippen molar-refractivity contribution < 1.29 is 9.84 Å². The minimum absolute atomic E-state index is 0.463. The fraction of sp³-hybridized carbons (Fsp3) is 0.438. The maximum atomic E-state index is 10.4. The number of rotatable bonds is 5. The zero-order chi connectivity index (χ0) is 15.6. The smallest absolute Gasteiger partial charge is 0.122 e. The number of aliphatic hydroxyl groups is 1. The first-order chi connectivity index (χ1) is 9.92. The number of aryl methyl sites for hydroxylation is 2. The van der Waals surface area contributed by atoms with Gasteiger partial charge in [-0.2, -0.15) is 5.10 Å². The molecule has 0 aliphatic heterocycles. The fourth-order valence-electron chi connectivity index (χ4n) is 2.58. The van der Waals surface area contributed by atoms with Crippen LogP contribution in [0.3, 0.4) is 0 Å². The van der Waals surface area contributed by atoms with Gasteiger partial charge in [0.1, 0.15) is 5.75 Å². The lowest BCUT2D eigenvalue weighted by Crippen LogP contribution is -2.15. The van der Waals surface area contributed by atoms with Gasteiger partial charge in [0.25, 0.3) is 0 Å². The Kier molecular flexibility index (Phi) is 5.06. The second kappa shape index (κ2) is 6.62. The third-order valence-corrected chi connectivity index (χ3v) is 4.29. The van der Waals surface area contributed by atoms with Crippen molar-refractivity contribution in [2.45, 2.75) is 32.8 Å². The number of hydrogen-bond acceptors (Lipinski definition) is 3. The average Bonchev–Trinajstić information content (AvgIpc) is 2.66. The molecule has 1 N–H and O–H groups in total. The molecule has 0 saturated heterocycles. The van der Waals surface area contributed by atoms with Crippen LogP contribution < -0.4 is 4.74 Å². The van der Waals surface area contributed by atoms with Crippen molar-refractivity contribution >= 4 is 15.9 Å². The largest absolute Gasteiger partial charge is 0.496 e. The molecule has 0 amide bonds. The first kappa shape index (κ1) is 16.0. The minimum Gasteiger partial charge on any atom is -0.496 e. The average molecular weight is 353 g/mol. The predicted molar refractivity (Wildman–Crippen MR) is 86.8 cm³/mol. The van der Waals surface area contributed by atoms with Crippen LogP contribution in [0, 0.1) is 13.8 Å². The van der Waals surface area contributed by atoms with E-state index < -0.39 is 6.10 Å². The predicted octanol–water partition coefficient (Wildman–Crippen LogP) is 2.95. The molecule has 114 valence electrons. The molecule has 2 aromatic rings. The van der Waals surface area contributed by atoms with E-state index in [1.807, 2.05) is 43.8 Å². The van der Waals surface area contributed by atoms with Gasteiger partial charge in [0.05, 0.1) is 18.9 Å². The van der Waals surface area contributed by atoms with E-state index in [9.17, 15) is 5.11 Å². The van der Waals surface area contributed by atoms with Crippen LogP contribution in [0.15, 0.2) is 22.7 Å². The topological polar surface area (TPSA) is 47.3 Å². The molecule has 5 heteroatoms. The molecular formula is C16H21BrN2O2. The van der Waals surface area contributed by atoms with Crippen molar-refractivity contribution in [2.75, 3.05) is 7.11 Å². The van der Waals surface area contributed by atoms with E-state index in [0.717, 1.165) is 32.7 Å². The first-order valence-electron chi connectivity index (χ1n) is 6.92. The molecule has 1 aromatic carbocycles. The molecule has 0 aliphatic carbocycles. The third kappa shape index (κ3) is 3.66. The summed E-state index contributed by atoms with van der Waals surface area (Å²) in [5.74, 6) is 0.803. The van der Waals surface area contributed by atoms with Crippen LogP contribution in [-0.2, 0) is 19.9 Å². The fourth-order valence-corrected chi connectivity index (χ4v) is 2.99. The summed E-state index contributed by atoms with van der Waals surface area (Å²) < 4.78 is 8.20. The van der Waals surface area contributed by atoms with Crippen molar-refractivity contribution in [3.05, 3.63) is 45.2 Å². The van der Waals surface area contributed by atoms with E-state index in [2.05, 4.69) is 21.0 Å². The van der Waals surface area contributed by atoms with Gasteiger partial charge in [0, 0.05) is 30.1 Å². The van der Waals surface area contributed by atoms with E-state index in [1.54, 1.807) is 7.11 Å². The number of aromatic nitrogens is 2. The van der Waals surface area contributed by atoms with Gasteiger partial charge in [0.2, 0.25) is 0 Å². The van der Waals surface area contributed by atoms with Crippen molar-refractivity contribution in [3.8, 4) is 5.75 Å². The maximum absolute atomic E-state index is 10.4. The Labute approximate surface area is 133 Å². The van der Waals surface area contributed by atoms with Gasteiger partial charge in [-0.1, -0.05) is 15.9 Å². The van der Waals surface area contributed by atoms with Crippen LogP contribution in [0.2, 0.25) is 0 Å². The Morgan fingerprint density at radius 3 is 2.62 bits per heavy atom.